The van der Waals surface area contributed by atoms with Gasteiger partial charge in [-0.15, -0.1) is 0 Å². The summed E-state index contributed by atoms with van der Waals surface area (Å²) in [4.78, 5) is 38.3. The van der Waals surface area contributed by atoms with Crippen molar-refractivity contribution in [2.24, 2.45) is 0 Å². The molecule has 0 saturated carbocycles. The van der Waals surface area contributed by atoms with Gasteiger partial charge in [0.25, 0.3) is 0 Å². The van der Waals surface area contributed by atoms with Gasteiger partial charge in [-0.1, -0.05) is 315 Å². The first-order valence-electron chi connectivity index (χ1n) is 33.8. The van der Waals surface area contributed by atoms with Crippen LogP contribution >= 0.6 is 0 Å². The van der Waals surface area contributed by atoms with Crippen molar-refractivity contribution in [2.75, 3.05) is 13.2 Å². The molecular formula is C69H130O6. The molecular weight excluding hydrogens is 925 g/mol. The molecule has 0 aromatic rings. The summed E-state index contributed by atoms with van der Waals surface area (Å²) >= 11 is 0. The summed E-state index contributed by atoms with van der Waals surface area (Å²) in [7, 11) is 0. The molecule has 6 nitrogen and oxygen atoms in total. The highest BCUT2D eigenvalue weighted by Gasteiger charge is 2.19. The van der Waals surface area contributed by atoms with Gasteiger partial charge in [-0.2, -0.15) is 0 Å². The average Bonchev–Trinajstić information content (AvgIpc) is 3.41. The van der Waals surface area contributed by atoms with Crippen LogP contribution in [-0.2, 0) is 28.6 Å². The maximum atomic E-state index is 12.9. The van der Waals surface area contributed by atoms with E-state index in [1.807, 2.05) is 0 Å². The van der Waals surface area contributed by atoms with Gasteiger partial charge in [-0.25, -0.2) is 0 Å². The van der Waals surface area contributed by atoms with Crippen molar-refractivity contribution in [1.82, 2.24) is 0 Å². The molecule has 0 spiro atoms. The second-order valence-electron chi connectivity index (χ2n) is 23.1. The molecule has 442 valence electrons. The zero-order valence-corrected chi connectivity index (χ0v) is 50.8. The molecule has 0 saturated heterocycles. The Bertz CT molecular complexity index is 1210. The fourth-order valence-electron chi connectivity index (χ4n) is 10.3. The molecule has 1 unspecified atom stereocenters. The van der Waals surface area contributed by atoms with Gasteiger partial charge in [-0.3, -0.25) is 14.4 Å². The van der Waals surface area contributed by atoms with Crippen molar-refractivity contribution in [1.29, 1.82) is 0 Å². The molecule has 0 bridgehead atoms. The summed E-state index contributed by atoms with van der Waals surface area (Å²) in [6.07, 6.45) is 77.7. The molecule has 0 heterocycles. The van der Waals surface area contributed by atoms with Crippen molar-refractivity contribution >= 4 is 17.9 Å². The summed E-state index contributed by atoms with van der Waals surface area (Å²) < 4.78 is 17.0. The number of hydrogen-bond donors (Lipinski definition) is 0. The van der Waals surface area contributed by atoms with Gasteiger partial charge >= 0.3 is 17.9 Å². The van der Waals surface area contributed by atoms with Crippen LogP contribution in [0.25, 0.3) is 0 Å². The van der Waals surface area contributed by atoms with Gasteiger partial charge in [0.15, 0.2) is 6.10 Å². The van der Waals surface area contributed by atoms with Gasteiger partial charge in [0.05, 0.1) is 0 Å². The van der Waals surface area contributed by atoms with E-state index in [9.17, 15) is 14.4 Å². The van der Waals surface area contributed by atoms with E-state index in [2.05, 4.69) is 45.1 Å². The molecule has 0 amide bonds. The minimum Gasteiger partial charge on any atom is -0.462 e. The van der Waals surface area contributed by atoms with E-state index in [4.69, 9.17) is 14.2 Å². The zero-order valence-electron chi connectivity index (χ0n) is 50.8. The number of esters is 3. The third-order valence-corrected chi connectivity index (χ3v) is 15.4. The smallest absolute Gasteiger partial charge is 0.306 e. The van der Waals surface area contributed by atoms with Gasteiger partial charge in [-0.05, 0) is 70.6 Å². The highest BCUT2D eigenvalue weighted by Crippen LogP contribution is 2.18. The monoisotopic (exact) mass is 1050 g/mol. The van der Waals surface area contributed by atoms with E-state index in [1.165, 1.54) is 276 Å². The Morgan fingerprint density at radius 1 is 0.253 bits per heavy atom. The Labute approximate surface area is 468 Å². The van der Waals surface area contributed by atoms with Crippen LogP contribution in [-0.4, -0.2) is 37.2 Å². The van der Waals surface area contributed by atoms with Crippen LogP contribution < -0.4 is 0 Å². The molecule has 0 radical (unpaired) electrons. The van der Waals surface area contributed by atoms with E-state index >= 15 is 0 Å². The standard InChI is InChI=1S/C69H130O6/c1-4-7-10-13-16-19-22-25-27-29-31-33-34-36-37-39-41-44-47-50-53-56-59-62-68(71)74-65-66(64-73-67(70)61-58-55-52-49-46-43-24-21-18-15-12-9-6-3)75-69(72)63-60-57-54-51-48-45-42-40-38-35-32-30-28-26-23-20-17-14-11-8-5-2/h21,24,30,32,66H,4-20,22-23,25-29,31,33-65H2,1-3H3/b24-21-,32-30-. The van der Waals surface area contributed by atoms with E-state index in [0.29, 0.717) is 19.3 Å². The summed E-state index contributed by atoms with van der Waals surface area (Å²) in [5.74, 6) is -0.853. The average molecular weight is 1060 g/mol. The lowest BCUT2D eigenvalue weighted by atomic mass is 10.0. The van der Waals surface area contributed by atoms with Crippen molar-refractivity contribution in [3.63, 3.8) is 0 Å². The topological polar surface area (TPSA) is 78.9 Å². The summed E-state index contributed by atoms with van der Waals surface area (Å²) in [5.41, 5.74) is 0. The maximum absolute atomic E-state index is 12.9. The SMILES string of the molecule is CCCCCC/C=C\CCCCCCCC(=O)OCC(COC(=O)CCCCCCCCCCCCCCCCCCCCCCCCC)OC(=O)CCCCCCCCCCC/C=C\CCCCCCCCCC. The number of allylic oxidation sites excluding steroid dienone is 4. The Morgan fingerprint density at radius 2 is 0.440 bits per heavy atom. The number of ether oxygens (including phenoxy) is 3. The number of carbonyl (C=O) groups is 3. The number of hydrogen-bond acceptors (Lipinski definition) is 6. The van der Waals surface area contributed by atoms with Gasteiger partial charge in [0.1, 0.15) is 13.2 Å². The molecule has 0 aliphatic heterocycles. The van der Waals surface area contributed by atoms with Crippen LogP contribution in [0.4, 0.5) is 0 Å². The zero-order chi connectivity index (χ0) is 54.3. The third kappa shape index (κ3) is 62.6. The number of unbranched alkanes of at least 4 members (excludes halogenated alkanes) is 48. The minimum atomic E-state index is -0.773. The molecule has 6 heteroatoms. The summed E-state index contributed by atoms with van der Waals surface area (Å²) in [6.45, 7) is 6.69. The highest BCUT2D eigenvalue weighted by molar-refractivity contribution is 5.71. The van der Waals surface area contributed by atoms with Crippen LogP contribution in [0.1, 0.15) is 380 Å². The van der Waals surface area contributed by atoms with E-state index in [-0.39, 0.29) is 31.1 Å². The van der Waals surface area contributed by atoms with E-state index in [0.717, 1.165) is 64.2 Å². The van der Waals surface area contributed by atoms with E-state index in [1.54, 1.807) is 0 Å². The maximum Gasteiger partial charge on any atom is 0.306 e. The number of carbonyl (C=O) groups excluding carboxylic acids is 3. The van der Waals surface area contributed by atoms with Crippen molar-refractivity contribution in [3.8, 4) is 0 Å². The highest BCUT2D eigenvalue weighted by atomic mass is 16.6. The molecule has 0 aromatic carbocycles. The predicted molar refractivity (Wildman–Crippen MR) is 326 cm³/mol. The first-order chi connectivity index (χ1) is 37.0. The lowest BCUT2D eigenvalue weighted by molar-refractivity contribution is -0.167. The van der Waals surface area contributed by atoms with Crippen molar-refractivity contribution in [3.05, 3.63) is 24.3 Å². The van der Waals surface area contributed by atoms with Crippen LogP contribution in [0.5, 0.6) is 0 Å². The first kappa shape index (κ1) is 72.9. The Morgan fingerprint density at radius 3 is 0.680 bits per heavy atom. The van der Waals surface area contributed by atoms with E-state index < -0.39 is 6.10 Å². The van der Waals surface area contributed by atoms with Crippen LogP contribution in [0.3, 0.4) is 0 Å². The van der Waals surface area contributed by atoms with Crippen LogP contribution in [0.2, 0.25) is 0 Å². The van der Waals surface area contributed by atoms with Crippen molar-refractivity contribution in [2.45, 2.75) is 386 Å². The molecule has 0 aliphatic carbocycles. The normalized spacial score (nSPS) is 12.1. The summed E-state index contributed by atoms with van der Waals surface area (Å²) in [5, 5.41) is 0. The van der Waals surface area contributed by atoms with Gasteiger partial charge < -0.3 is 14.2 Å². The van der Waals surface area contributed by atoms with Gasteiger partial charge in [0.2, 0.25) is 0 Å². The molecule has 0 aromatic heterocycles. The predicted octanol–water partition coefficient (Wildman–Crippen LogP) is 23.0. The quantitative estimate of drug-likeness (QED) is 0.0261. The van der Waals surface area contributed by atoms with Crippen molar-refractivity contribution < 1.29 is 28.6 Å². The largest absolute Gasteiger partial charge is 0.462 e. The fraction of sp³-hybridized carbons (Fsp3) is 0.899. The van der Waals surface area contributed by atoms with Crippen LogP contribution in [0.15, 0.2) is 24.3 Å². The Kier molecular flexibility index (Phi) is 62.6. The molecule has 75 heavy (non-hydrogen) atoms. The molecule has 1 atom stereocenters. The molecule has 0 aliphatic rings. The van der Waals surface area contributed by atoms with Crippen LogP contribution in [0, 0.1) is 0 Å². The lowest BCUT2D eigenvalue weighted by Crippen LogP contribution is -2.30. The first-order valence-corrected chi connectivity index (χ1v) is 33.8. The fourth-order valence-corrected chi connectivity index (χ4v) is 10.3. The lowest BCUT2D eigenvalue weighted by Gasteiger charge is -2.18. The Balaban J connectivity index is 4.25. The minimum absolute atomic E-state index is 0.0695. The Hall–Kier alpha value is -2.11. The third-order valence-electron chi connectivity index (χ3n) is 15.4. The summed E-state index contributed by atoms with van der Waals surface area (Å²) in [6, 6.07) is 0. The second kappa shape index (κ2) is 64.4. The molecule has 0 N–H and O–H groups in total. The van der Waals surface area contributed by atoms with Gasteiger partial charge in [0, 0.05) is 19.3 Å². The molecule has 0 fully saturated rings. The molecule has 0 rings (SSSR count). The number of rotatable bonds is 63. The second-order valence-corrected chi connectivity index (χ2v) is 23.1.